The quantitative estimate of drug-likeness (QED) is 0.900. The summed E-state index contributed by atoms with van der Waals surface area (Å²) in [5.74, 6) is 1.01. The van der Waals surface area contributed by atoms with E-state index in [9.17, 15) is 8.42 Å². The molecule has 0 saturated heterocycles. The fraction of sp³-hybridized carbons (Fsp3) is 0.357. The standard InChI is InChI=1S/C14H17N3O3S/c1-10-8-16-14(20-10)9-17-21(18,19)12-5-4-11-3-2-6-15-13(11)7-12/h4-5,7-8,15,17H,2-3,6,9H2,1H3. The van der Waals surface area contributed by atoms with Crippen LogP contribution in [0.2, 0.25) is 0 Å². The molecule has 1 aliphatic rings. The van der Waals surface area contributed by atoms with Crippen molar-refractivity contribution in [2.75, 3.05) is 11.9 Å². The third-order valence-corrected chi connectivity index (χ3v) is 4.81. The van der Waals surface area contributed by atoms with Crippen LogP contribution in [-0.4, -0.2) is 19.9 Å². The second kappa shape index (κ2) is 5.50. The number of oxazole rings is 1. The van der Waals surface area contributed by atoms with E-state index in [-0.39, 0.29) is 11.4 Å². The SMILES string of the molecule is Cc1cnc(CNS(=O)(=O)c2ccc3c(c2)NCCC3)o1. The van der Waals surface area contributed by atoms with Gasteiger partial charge in [-0.15, -0.1) is 0 Å². The van der Waals surface area contributed by atoms with Gasteiger partial charge in [-0.1, -0.05) is 6.07 Å². The van der Waals surface area contributed by atoms with Crippen molar-refractivity contribution in [1.82, 2.24) is 9.71 Å². The zero-order valence-electron chi connectivity index (χ0n) is 11.7. The number of rotatable bonds is 4. The van der Waals surface area contributed by atoms with Crippen LogP contribution in [0.25, 0.3) is 0 Å². The average Bonchev–Trinajstić information content (AvgIpc) is 2.90. The molecule has 2 N–H and O–H groups in total. The van der Waals surface area contributed by atoms with Crippen molar-refractivity contribution in [3.63, 3.8) is 0 Å². The predicted octanol–water partition coefficient (Wildman–Crippen LogP) is 1.82. The molecule has 1 aromatic heterocycles. The molecule has 0 amide bonds. The van der Waals surface area contributed by atoms with Gasteiger partial charge in [-0.2, -0.15) is 0 Å². The van der Waals surface area contributed by atoms with Gasteiger partial charge >= 0.3 is 0 Å². The van der Waals surface area contributed by atoms with Gasteiger partial charge in [-0.05, 0) is 37.5 Å². The Bertz CT molecular complexity index is 753. The molecule has 7 heteroatoms. The number of sulfonamides is 1. The van der Waals surface area contributed by atoms with Crippen molar-refractivity contribution in [2.24, 2.45) is 0 Å². The van der Waals surface area contributed by atoms with Crippen LogP contribution in [-0.2, 0) is 23.0 Å². The third-order valence-electron chi connectivity index (χ3n) is 3.41. The first-order chi connectivity index (χ1) is 10.0. The second-order valence-electron chi connectivity index (χ2n) is 5.04. The number of hydrogen-bond donors (Lipinski definition) is 2. The lowest BCUT2D eigenvalue weighted by Crippen LogP contribution is -2.24. The molecule has 0 fully saturated rings. The number of aromatic nitrogens is 1. The molecule has 0 atom stereocenters. The topological polar surface area (TPSA) is 84.2 Å². The van der Waals surface area contributed by atoms with Crippen molar-refractivity contribution in [3.8, 4) is 0 Å². The summed E-state index contributed by atoms with van der Waals surface area (Å²) in [7, 11) is -3.57. The molecule has 2 aromatic rings. The van der Waals surface area contributed by atoms with Crippen LogP contribution in [0, 0.1) is 6.92 Å². The lowest BCUT2D eigenvalue weighted by molar-refractivity contribution is 0.463. The molecule has 112 valence electrons. The molecule has 0 unspecified atom stereocenters. The molecular weight excluding hydrogens is 290 g/mol. The molecule has 2 heterocycles. The lowest BCUT2D eigenvalue weighted by Gasteiger charge is -2.18. The first-order valence-electron chi connectivity index (χ1n) is 6.82. The van der Waals surface area contributed by atoms with Gasteiger partial charge < -0.3 is 9.73 Å². The molecule has 21 heavy (non-hydrogen) atoms. The van der Waals surface area contributed by atoms with Crippen molar-refractivity contribution in [1.29, 1.82) is 0 Å². The molecule has 6 nitrogen and oxygen atoms in total. The van der Waals surface area contributed by atoms with Crippen LogP contribution in [0.3, 0.4) is 0 Å². The van der Waals surface area contributed by atoms with E-state index >= 15 is 0 Å². The highest BCUT2D eigenvalue weighted by atomic mass is 32.2. The van der Waals surface area contributed by atoms with Crippen molar-refractivity contribution in [3.05, 3.63) is 41.6 Å². The van der Waals surface area contributed by atoms with Crippen LogP contribution in [0.15, 0.2) is 33.7 Å². The second-order valence-corrected chi connectivity index (χ2v) is 6.81. The number of nitrogens with zero attached hydrogens (tertiary/aromatic N) is 1. The minimum absolute atomic E-state index is 0.0423. The number of aryl methyl sites for hydroxylation is 2. The van der Waals surface area contributed by atoms with E-state index < -0.39 is 10.0 Å². The summed E-state index contributed by atoms with van der Waals surface area (Å²) in [5, 5.41) is 3.23. The van der Waals surface area contributed by atoms with Gasteiger partial charge in [0.05, 0.1) is 17.6 Å². The summed E-state index contributed by atoms with van der Waals surface area (Å²) in [6.07, 6.45) is 3.61. The van der Waals surface area contributed by atoms with Crippen LogP contribution < -0.4 is 10.0 Å². The normalized spacial score (nSPS) is 14.5. The fourth-order valence-electron chi connectivity index (χ4n) is 2.33. The molecule has 0 saturated carbocycles. The van der Waals surface area contributed by atoms with Gasteiger partial charge in [-0.3, -0.25) is 0 Å². The average molecular weight is 307 g/mol. The number of fused-ring (bicyclic) bond motifs is 1. The molecule has 1 aliphatic heterocycles. The maximum atomic E-state index is 12.3. The van der Waals surface area contributed by atoms with Crippen LogP contribution >= 0.6 is 0 Å². The summed E-state index contributed by atoms with van der Waals surface area (Å²) >= 11 is 0. The van der Waals surface area contributed by atoms with Gasteiger partial charge in [0.1, 0.15) is 5.76 Å². The Morgan fingerprint density at radius 3 is 3.05 bits per heavy atom. The largest absolute Gasteiger partial charge is 0.445 e. The van der Waals surface area contributed by atoms with Crippen LogP contribution in [0.5, 0.6) is 0 Å². The Morgan fingerprint density at radius 1 is 1.43 bits per heavy atom. The van der Waals surface area contributed by atoms with E-state index in [0.29, 0.717) is 11.7 Å². The number of nitrogens with one attached hydrogen (secondary N) is 2. The summed E-state index contributed by atoms with van der Waals surface area (Å²) < 4.78 is 32.3. The molecular formula is C14H17N3O3S. The highest BCUT2D eigenvalue weighted by Gasteiger charge is 2.18. The third kappa shape index (κ3) is 3.08. The Labute approximate surface area is 123 Å². The predicted molar refractivity (Wildman–Crippen MR) is 78.5 cm³/mol. The lowest BCUT2D eigenvalue weighted by atomic mass is 10.0. The highest BCUT2D eigenvalue weighted by Crippen LogP contribution is 2.25. The molecule has 1 aromatic carbocycles. The van der Waals surface area contributed by atoms with Gasteiger partial charge in [0.25, 0.3) is 0 Å². The summed E-state index contributed by atoms with van der Waals surface area (Å²) in [6, 6.07) is 5.18. The zero-order chi connectivity index (χ0) is 14.9. The van der Waals surface area contributed by atoms with E-state index in [0.717, 1.165) is 30.6 Å². The van der Waals surface area contributed by atoms with Crippen LogP contribution in [0.4, 0.5) is 5.69 Å². The summed E-state index contributed by atoms with van der Waals surface area (Å²) in [5.41, 5.74) is 2.06. The fourth-order valence-corrected chi connectivity index (χ4v) is 3.33. The Hall–Kier alpha value is -1.86. The Kier molecular flexibility index (Phi) is 3.69. The number of hydrogen-bond acceptors (Lipinski definition) is 5. The van der Waals surface area contributed by atoms with Gasteiger partial charge in [0, 0.05) is 12.2 Å². The minimum Gasteiger partial charge on any atom is -0.445 e. The molecule has 0 bridgehead atoms. The number of benzene rings is 1. The smallest absolute Gasteiger partial charge is 0.241 e. The maximum Gasteiger partial charge on any atom is 0.241 e. The van der Waals surface area contributed by atoms with E-state index in [2.05, 4.69) is 15.0 Å². The molecule has 3 rings (SSSR count). The molecule has 0 spiro atoms. The van der Waals surface area contributed by atoms with E-state index in [1.807, 2.05) is 6.07 Å². The first kappa shape index (κ1) is 14.1. The zero-order valence-corrected chi connectivity index (χ0v) is 12.5. The number of anilines is 1. The van der Waals surface area contributed by atoms with Gasteiger partial charge in [0.15, 0.2) is 0 Å². The summed E-state index contributed by atoms with van der Waals surface area (Å²) in [6.45, 7) is 2.68. The highest BCUT2D eigenvalue weighted by molar-refractivity contribution is 7.89. The molecule has 0 radical (unpaired) electrons. The van der Waals surface area contributed by atoms with Crippen molar-refractivity contribution in [2.45, 2.75) is 31.2 Å². The first-order valence-corrected chi connectivity index (χ1v) is 8.31. The van der Waals surface area contributed by atoms with E-state index in [4.69, 9.17) is 4.42 Å². The van der Waals surface area contributed by atoms with Crippen LogP contribution in [0.1, 0.15) is 23.6 Å². The minimum atomic E-state index is -3.57. The Balaban J connectivity index is 1.78. The maximum absolute atomic E-state index is 12.3. The van der Waals surface area contributed by atoms with Gasteiger partial charge in [-0.25, -0.2) is 18.1 Å². The summed E-state index contributed by atoms with van der Waals surface area (Å²) in [4.78, 5) is 4.23. The van der Waals surface area contributed by atoms with E-state index in [1.54, 1.807) is 25.3 Å². The molecule has 0 aliphatic carbocycles. The Morgan fingerprint density at radius 2 is 2.29 bits per heavy atom. The van der Waals surface area contributed by atoms with E-state index in [1.165, 1.54) is 0 Å². The monoisotopic (exact) mass is 307 g/mol. The van der Waals surface area contributed by atoms with Crippen molar-refractivity contribution >= 4 is 15.7 Å². The van der Waals surface area contributed by atoms with Crippen molar-refractivity contribution < 1.29 is 12.8 Å². The van der Waals surface area contributed by atoms with Gasteiger partial charge in [0.2, 0.25) is 15.9 Å².